The molecular weight excluding hydrogens is 438 g/mol. The number of hydrogen-bond acceptors (Lipinski definition) is 5. The lowest BCUT2D eigenvalue weighted by Crippen LogP contribution is -2.49. The molecule has 1 aliphatic heterocycles. The van der Waals surface area contributed by atoms with E-state index in [-0.39, 0.29) is 36.3 Å². The molecule has 4 rings (SSSR count). The van der Waals surface area contributed by atoms with Gasteiger partial charge in [0.15, 0.2) is 0 Å². The fourth-order valence-corrected chi connectivity index (χ4v) is 4.99. The molecule has 0 bridgehead atoms. The number of nitrogens with zero attached hydrogens (tertiary/aromatic N) is 2. The second kappa shape index (κ2) is 10.3. The number of morpholine rings is 1. The van der Waals surface area contributed by atoms with Gasteiger partial charge in [-0.25, -0.2) is 0 Å². The Morgan fingerprint density at radius 2 is 1.79 bits per heavy atom. The number of rotatable bonds is 7. The van der Waals surface area contributed by atoms with Crippen molar-refractivity contribution in [2.45, 2.75) is 37.5 Å². The molecule has 0 unspecified atom stereocenters. The van der Waals surface area contributed by atoms with Crippen LogP contribution in [0.1, 0.15) is 13.8 Å². The molecule has 1 aliphatic rings. The molecule has 0 spiro atoms. The summed E-state index contributed by atoms with van der Waals surface area (Å²) in [5.74, 6) is 0.999. The normalized spacial score (nSPS) is 18.3. The van der Waals surface area contributed by atoms with Crippen molar-refractivity contribution in [3.63, 3.8) is 0 Å². The highest BCUT2D eigenvalue weighted by molar-refractivity contribution is 8.00. The lowest BCUT2D eigenvalue weighted by atomic mass is 10.2. The Morgan fingerprint density at radius 3 is 2.48 bits per heavy atom. The topological polar surface area (TPSA) is 72.8 Å². The van der Waals surface area contributed by atoms with Crippen LogP contribution in [0.15, 0.2) is 59.6 Å². The van der Waals surface area contributed by atoms with E-state index in [1.807, 2.05) is 78.0 Å². The van der Waals surface area contributed by atoms with E-state index >= 15 is 0 Å². The number of methoxy groups -OCH3 is 1. The minimum atomic E-state index is -0.0885. The first-order valence-corrected chi connectivity index (χ1v) is 12.0. The summed E-state index contributed by atoms with van der Waals surface area (Å²) in [5, 5.41) is 3.95. The molecule has 33 heavy (non-hydrogen) atoms. The minimum absolute atomic E-state index is 0.0365. The van der Waals surface area contributed by atoms with Crippen LogP contribution in [0.2, 0.25) is 0 Å². The Balaban J connectivity index is 1.43. The predicted octanol–water partition coefficient (Wildman–Crippen LogP) is 4.02. The minimum Gasteiger partial charge on any atom is -0.497 e. The van der Waals surface area contributed by atoms with Gasteiger partial charge in [0.05, 0.1) is 25.1 Å². The lowest BCUT2D eigenvalue weighted by Gasteiger charge is -2.35. The Bertz CT molecular complexity index is 1120. The quantitative estimate of drug-likeness (QED) is 0.532. The van der Waals surface area contributed by atoms with Crippen molar-refractivity contribution in [2.24, 2.45) is 0 Å². The first-order valence-electron chi connectivity index (χ1n) is 11.0. The third-order valence-corrected chi connectivity index (χ3v) is 6.61. The molecule has 1 aromatic heterocycles. The van der Waals surface area contributed by atoms with Crippen molar-refractivity contribution in [1.29, 1.82) is 0 Å². The van der Waals surface area contributed by atoms with Crippen molar-refractivity contribution in [1.82, 2.24) is 9.47 Å². The number of para-hydroxylation sites is 1. The van der Waals surface area contributed by atoms with Crippen LogP contribution in [0.4, 0.5) is 5.69 Å². The van der Waals surface area contributed by atoms with Crippen LogP contribution >= 0.6 is 11.8 Å². The average Bonchev–Trinajstić information content (AvgIpc) is 3.15. The van der Waals surface area contributed by atoms with Gasteiger partial charge in [-0.05, 0) is 44.2 Å². The number of carbonyl (C=O) groups excluding carboxylic acids is 2. The molecule has 2 heterocycles. The van der Waals surface area contributed by atoms with E-state index in [0.717, 1.165) is 27.2 Å². The monoisotopic (exact) mass is 467 g/mol. The molecule has 2 atom stereocenters. The molecule has 3 aromatic rings. The zero-order valence-electron chi connectivity index (χ0n) is 19.1. The van der Waals surface area contributed by atoms with Gasteiger partial charge in [0, 0.05) is 40.8 Å². The van der Waals surface area contributed by atoms with E-state index in [9.17, 15) is 9.59 Å². The van der Waals surface area contributed by atoms with Gasteiger partial charge < -0.3 is 24.3 Å². The second-order valence-electron chi connectivity index (χ2n) is 8.26. The van der Waals surface area contributed by atoms with Gasteiger partial charge in [-0.2, -0.15) is 0 Å². The Hall–Kier alpha value is -2.97. The highest BCUT2D eigenvalue weighted by Crippen LogP contribution is 2.30. The molecule has 0 radical (unpaired) electrons. The van der Waals surface area contributed by atoms with Crippen molar-refractivity contribution in [2.75, 3.05) is 31.3 Å². The molecule has 7 nitrogen and oxygen atoms in total. The summed E-state index contributed by atoms with van der Waals surface area (Å²) in [6, 6.07) is 15.2. The van der Waals surface area contributed by atoms with E-state index in [0.29, 0.717) is 13.1 Å². The van der Waals surface area contributed by atoms with Crippen LogP contribution in [0, 0.1) is 0 Å². The molecular formula is C25H29N3O4S. The number of nitrogens with one attached hydrogen (secondary N) is 1. The van der Waals surface area contributed by atoms with Gasteiger partial charge in [-0.3, -0.25) is 9.59 Å². The van der Waals surface area contributed by atoms with Gasteiger partial charge in [-0.1, -0.05) is 18.2 Å². The second-order valence-corrected chi connectivity index (χ2v) is 9.28. The predicted molar refractivity (Wildman–Crippen MR) is 131 cm³/mol. The van der Waals surface area contributed by atoms with E-state index < -0.39 is 0 Å². The van der Waals surface area contributed by atoms with E-state index in [1.165, 1.54) is 11.8 Å². The number of thioether (sulfide) groups is 1. The number of anilines is 1. The van der Waals surface area contributed by atoms with Crippen molar-refractivity contribution < 1.29 is 19.1 Å². The smallest absolute Gasteiger partial charge is 0.242 e. The molecule has 2 aromatic carbocycles. The van der Waals surface area contributed by atoms with E-state index in [1.54, 1.807) is 7.11 Å². The molecule has 2 amide bonds. The van der Waals surface area contributed by atoms with Gasteiger partial charge >= 0.3 is 0 Å². The third kappa shape index (κ3) is 5.69. The number of amides is 2. The van der Waals surface area contributed by atoms with E-state index in [2.05, 4.69) is 5.32 Å². The molecule has 1 fully saturated rings. The molecule has 8 heteroatoms. The third-order valence-electron chi connectivity index (χ3n) is 5.56. The SMILES string of the molecule is COc1ccc(NC(=O)CSc2cn(CC(=O)N3C[C@@H](C)O[C@H](C)C3)c3ccccc23)cc1. The lowest BCUT2D eigenvalue weighted by molar-refractivity contribution is -0.143. The number of ether oxygens (including phenoxy) is 2. The first kappa shape index (κ1) is 23.2. The van der Waals surface area contributed by atoms with Crippen LogP contribution in [0.25, 0.3) is 10.9 Å². The zero-order valence-corrected chi connectivity index (χ0v) is 19.9. The Labute approximate surface area is 198 Å². The van der Waals surface area contributed by atoms with E-state index in [4.69, 9.17) is 9.47 Å². The fraction of sp³-hybridized carbons (Fsp3) is 0.360. The number of aromatic nitrogens is 1. The van der Waals surface area contributed by atoms with Crippen molar-refractivity contribution >= 4 is 40.2 Å². The summed E-state index contributed by atoms with van der Waals surface area (Å²) in [4.78, 5) is 28.3. The van der Waals surface area contributed by atoms with Crippen LogP contribution < -0.4 is 10.1 Å². The first-order chi connectivity index (χ1) is 15.9. The standard InChI is InChI=1S/C25H29N3O4S/c1-17-12-28(13-18(2)32-17)25(30)15-27-14-23(21-6-4-5-7-22(21)27)33-16-24(29)26-19-8-10-20(31-3)11-9-19/h4-11,14,17-18H,12-13,15-16H2,1-3H3,(H,26,29)/t17-,18-/m1/s1. The van der Waals surface area contributed by atoms with Crippen LogP contribution in [-0.4, -0.2) is 59.4 Å². The highest BCUT2D eigenvalue weighted by atomic mass is 32.2. The number of carbonyl (C=O) groups is 2. The zero-order chi connectivity index (χ0) is 23.4. The summed E-state index contributed by atoms with van der Waals surface area (Å²) in [6.07, 6.45) is 2.05. The van der Waals surface area contributed by atoms with Crippen molar-refractivity contribution in [3.8, 4) is 5.75 Å². The summed E-state index contributed by atoms with van der Waals surface area (Å²) < 4.78 is 12.9. The van der Waals surface area contributed by atoms with Crippen LogP contribution in [-0.2, 0) is 20.9 Å². The maximum atomic E-state index is 13.0. The fourth-order valence-electron chi connectivity index (χ4n) is 4.10. The van der Waals surface area contributed by atoms with Crippen molar-refractivity contribution in [3.05, 3.63) is 54.7 Å². The maximum Gasteiger partial charge on any atom is 0.242 e. The highest BCUT2D eigenvalue weighted by Gasteiger charge is 2.26. The summed E-state index contributed by atoms with van der Waals surface area (Å²) in [6.45, 7) is 5.46. The molecule has 1 saturated heterocycles. The molecule has 0 saturated carbocycles. The summed E-state index contributed by atoms with van der Waals surface area (Å²) in [5.41, 5.74) is 1.71. The van der Waals surface area contributed by atoms with Crippen LogP contribution in [0.3, 0.4) is 0 Å². The summed E-state index contributed by atoms with van der Waals surface area (Å²) >= 11 is 1.47. The van der Waals surface area contributed by atoms with Gasteiger partial charge in [0.1, 0.15) is 12.3 Å². The molecule has 174 valence electrons. The summed E-state index contributed by atoms with van der Waals surface area (Å²) in [7, 11) is 1.61. The Kier molecular flexibility index (Phi) is 7.25. The van der Waals surface area contributed by atoms with Gasteiger partial charge in [0.2, 0.25) is 11.8 Å². The van der Waals surface area contributed by atoms with Gasteiger partial charge in [-0.15, -0.1) is 11.8 Å². The van der Waals surface area contributed by atoms with Gasteiger partial charge in [0.25, 0.3) is 0 Å². The largest absolute Gasteiger partial charge is 0.497 e. The number of benzene rings is 2. The number of fused-ring (bicyclic) bond motifs is 1. The number of hydrogen-bond donors (Lipinski definition) is 1. The maximum absolute atomic E-state index is 13.0. The molecule has 1 N–H and O–H groups in total. The average molecular weight is 468 g/mol. The van der Waals surface area contributed by atoms with Crippen LogP contribution in [0.5, 0.6) is 5.75 Å². The molecule has 0 aliphatic carbocycles. The Morgan fingerprint density at radius 1 is 1.09 bits per heavy atom.